The number of carbonyl (C=O) groups excluding carboxylic acids is 1. The smallest absolute Gasteiger partial charge is 0.231 e. The maximum atomic E-state index is 12.7. The zero-order valence-corrected chi connectivity index (χ0v) is 8.40. The van der Waals surface area contributed by atoms with Gasteiger partial charge in [-0.25, -0.2) is 4.39 Å². The average molecular weight is 195 g/mol. The largest absolute Gasteiger partial charge is 0.283 e. The molecular weight excluding hydrogens is 181 g/mol. The SMILES string of the molecule is CC(C)C(=O)N(CF)c1ccccc1. The molecule has 0 spiro atoms. The summed E-state index contributed by atoms with van der Waals surface area (Å²) in [6.07, 6.45) is 0. The molecule has 1 rings (SSSR count). The summed E-state index contributed by atoms with van der Waals surface area (Å²) < 4.78 is 12.7. The molecule has 1 aromatic carbocycles. The fraction of sp³-hybridized carbons (Fsp3) is 0.364. The van der Waals surface area contributed by atoms with Crippen molar-refractivity contribution in [3.8, 4) is 0 Å². The van der Waals surface area contributed by atoms with Gasteiger partial charge in [0.2, 0.25) is 5.91 Å². The van der Waals surface area contributed by atoms with Crippen LogP contribution in [0.1, 0.15) is 13.8 Å². The van der Waals surface area contributed by atoms with E-state index in [1.807, 2.05) is 6.07 Å². The topological polar surface area (TPSA) is 20.3 Å². The third kappa shape index (κ3) is 2.31. The van der Waals surface area contributed by atoms with Crippen LogP contribution in [0.3, 0.4) is 0 Å². The zero-order valence-electron chi connectivity index (χ0n) is 8.40. The van der Waals surface area contributed by atoms with E-state index in [0.29, 0.717) is 5.69 Å². The fourth-order valence-corrected chi connectivity index (χ4v) is 1.17. The molecular formula is C11H14FNO. The minimum Gasteiger partial charge on any atom is -0.283 e. The first-order valence-electron chi connectivity index (χ1n) is 4.59. The number of benzene rings is 1. The van der Waals surface area contributed by atoms with E-state index >= 15 is 0 Å². The summed E-state index contributed by atoms with van der Waals surface area (Å²) in [6, 6.07) is 8.84. The van der Waals surface area contributed by atoms with Crippen LogP contribution in [0.15, 0.2) is 30.3 Å². The summed E-state index contributed by atoms with van der Waals surface area (Å²) in [7, 11) is 0. The molecule has 0 aliphatic carbocycles. The van der Waals surface area contributed by atoms with Gasteiger partial charge < -0.3 is 0 Å². The summed E-state index contributed by atoms with van der Waals surface area (Å²) in [4.78, 5) is 12.7. The summed E-state index contributed by atoms with van der Waals surface area (Å²) in [5.41, 5.74) is 0.605. The number of para-hydroxylation sites is 1. The molecule has 14 heavy (non-hydrogen) atoms. The van der Waals surface area contributed by atoms with Crippen molar-refractivity contribution in [1.29, 1.82) is 0 Å². The lowest BCUT2D eigenvalue weighted by atomic mass is 10.2. The van der Waals surface area contributed by atoms with E-state index in [9.17, 15) is 9.18 Å². The molecule has 1 aromatic rings. The first kappa shape index (κ1) is 10.7. The van der Waals surface area contributed by atoms with Gasteiger partial charge in [0.1, 0.15) is 0 Å². The second-order valence-electron chi connectivity index (χ2n) is 3.38. The lowest BCUT2D eigenvalue weighted by Crippen LogP contribution is -2.33. The summed E-state index contributed by atoms with van der Waals surface area (Å²) >= 11 is 0. The van der Waals surface area contributed by atoms with Gasteiger partial charge in [-0.3, -0.25) is 9.69 Å². The second kappa shape index (κ2) is 4.74. The molecule has 0 radical (unpaired) electrons. The number of amides is 1. The Kier molecular flexibility index (Phi) is 3.63. The number of hydrogen-bond acceptors (Lipinski definition) is 1. The van der Waals surface area contributed by atoms with E-state index in [1.165, 1.54) is 0 Å². The van der Waals surface area contributed by atoms with E-state index in [2.05, 4.69) is 0 Å². The van der Waals surface area contributed by atoms with Gasteiger partial charge in [0, 0.05) is 11.6 Å². The van der Waals surface area contributed by atoms with Gasteiger partial charge in [0.05, 0.1) is 0 Å². The third-order valence-corrected chi connectivity index (χ3v) is 1.95. The van der Waals surface area contributed by atoms with E-state index in [0.717, 1.165) is 4.90 Å². The van der Waals surface area contributed by atoms with Crippen LogP contribution in [0.25, 0.3) is 0 Å². The van der Waals surface area contributed by atoms with Crippen molar-refractivity contribution in [3.05, 3.63) is 30.3 Å². The Hall–Kier alpha value is -1.38. The fourth-order valence-electron chi connectivity index (χ4n) is 1.17. The Balaban J connectivity index is 2.88. The van der Waals surface area contributed by atoms with E-state index in [-0.39, 0.29) is 11.8 Å². The number of alkyl halides is 1. The van der Waals surface area contributed by atoms with Crippen molar-refractivity contribution >= 4 is 11.6 Å². The molecule has 76 valence electrons. The molecule has 0 heterocycles. The Labute approximate surface area is 83.3 Å². The van der Waals surface area contributed by atoms with Crippen LogP contribution in [0, 0.1) is 5.92 Å². The minimum atomic E-state index is -0.777. The Morgan fingerprint density at radius 3 is 2.36 bits per heavy atom. The van der Waals surface area contributed by atoms with E-state index in [1.54, 1.807) is 38.1 Å². The standard InChI is InChI=1S/C11H14FNO/c1-9(2)11(14)13(8-12)10-6-4-3-5-7-10/h3-7,9H,8H2,1-2H3. The van der Waals surface area contributed by atoms with Crippen LogP contribution in [0.2, 0.25) is 0 Å². The van der Waals surface area contributed by atoms with Gasteiger partial charge in [-0.2, -0.15) is 0 Å². The number of halogens is 1. The molecule has 0 saturated heterocycles. The van der Waals surface area contributed by atoms with Gasteiger partial charge in [0.25, 0.3) is 0 Å². The van der Waals surface area contributed by atoms with Crippen molar-refractivity contribution in [2.75, 3.05) is 11.7 Å². The highest BCUT2D eigenvalue weighted by molar-refractivity contribution is 5.94. The Morgan fingerprint density at radius 2 is 1.93 bits per heavy atom. The average Bonchev–Trinajstić information content (AvgIpc) is 2.20. The van der Waals surface area contributed by atoms with Crippen molar-refractivity contribution in [3.63, 3.8) is 0 Å². The van der Waals surface area contributed by atoms with Crippen molar-refractivity contribution < 1.29 is 9.18 Å². The zero-order chi connectivity index (χ0) is 10.6. The third-order valence-electron chi connectivity index (χ3n) is 1.95. The molecule has 0 bridgehead atoms. The predicted molar refractivity (Wildman–Crippen MR) is 54.7 cm³/mol. The maximum Gasteiger partial charge on any atom is 0.231 e. The maximum absolute atomic E-state index is 12.7. The van der Waals surface area contributed by atoms with Gasteiger partial charge in [-0.05, 0) is 12.1 Å². The van der Waals surface area contributed by atoms with Crippen LogP contribution in [-0.4, -0.2) is 12.7 Å². The number of nitrogens with zero attached hydrogens (tertiary/aromatic N) is 1. The summed E-state index contributed by atoms with van der Waals surface area (Å²) in [5.74, 6) is -0.385. The second-order valence-corrected chi connectivity index (χ2v) is 3.38. The highest BCUT2D eigenvalue weighted by Gasteiger charge is 2.17. The predicted octanol–water partition coefficient (Wildman–Crippen LogP) is 2.60. The first-order valence-corrected chi connectivity index (χ1v) is 4.59. The van der Waals surface area contributed by atoms with Crippen LogP contribution >= 0.6 is 0 Å². The van der Waals surface area contributed by atoms with Gasteiger partial charge >= 0.3 is 0 Å². The van der Waals surface area contributed by atoms with Crippen LogP contribution in [0.5, 0.6) is 0 Å². The monoisotopic (exact) mass is 195 g/mol. The van der Waals surface area contributed by atoms with E-state index in [4.69, 9.17) is 0 Å². The molecule has 0 fully saturated rings. The molecule has 0 N–H and O–H groups in total. The highest BCUT2D eigenvalue weighted by atomic mass is 19.1. The summed E-state index contributed by atoms with van der Waals surface area (Å²) in [6.45, 7) is 2.74. The minimum absolute atomic E-state index is 0.189. The molecule has 0 unspecified atom stereocenters. The van der Waals surface area contributed by atoms with Gasteiger partial charge in [-0.1, -0.05) is 32.0 Å². The molecule has 1 amide bonds. The van der Waals surface area contributed by atoms with Crippen molar-refractivity contribution in [2.24, 2.45) is 5.92 Å². The molecule has 0 saturated carbocycles. The lowest BCUT2D eigenvalue weighted by Gasteiger charge is -2.20. The molecule has 2 nitrogen and oxygen atoms in total. The number of carbonyl (C=O) groups is 1. The quantitative estimate of drug-likeness (QED) is 0.679. The summed E-state index contributed by atoms with van der Waals surface area (Å²) in [5, 5.41) is 0. The molecule has 0 aliphatic heterocycles. The lowest BCUT2D eigenvalue weighted by molar-refractivity contribution is -0.121. The van der Waals surface area contributed by atoms with Crippen molar-refractivity contribution in [2.45, 2.75) is 13.8 Å². The molecule has 0 aliphatic rings. The van der Waals surface area contributed by atoms with E-state index < -0.39 is 6.80 Å². The first-order chi connectivity index (χ1) is 6.66. The Bertz CT molecular complexity index is 297. The molecule has 0 aromatic heterocycles. The van der Waals surface area contributed by atoms with Gasteiger partial charge in [0.15, 0.2) is 6.80 Å². The number of hydrogen-bond donors (Lipinski definition) is 0. The Morgan fingerprint density at radius 1 is 1.36 bits per heavy atom. The van der Waals surface area contributed by atoms with Crippen LogP contribution in [0.4, 0.5) is 10.1 Å². The van der Waals surface area contributed by atoms with Crippen LogP contribution < -0.4 is 4.90 Å². The number of anilines is 1. The van der Waals surface area contributed by atoms with Crippen LogP contribution in [-0.2, 0) is 4.79 Å². The molecule has 3 heteroatoms. The number of rotatable bonds is 3. The molecule has 0 atom stereocenters. The normalized spacial score (nSPS) is 10.3. The van der Waals surface area contributed by atoms with Gasteiger partial charge in [-0.15, -0.1) is 0 Å². The highest BCUT2D eigenvalue weighted by Crippen LogP contribution is 2.15. The van der Waals surface area contributed by atoms with Crippen molar-refractivity contribution in [1.82, 2.24) is 0 Å².